The summed E-state index contributed by atoms with van der Waals surface area (Å²) in [5.41, 5.74) is 2.40. The minimum Gasteiger partial charge on any atom is -0.356 e. The SMILES string of the molecule is CN=C(NCc1csc(C(C)C)n1)NCC(C)c1ccccc1.I. The Morgan fingerprint density at radius 1 is 1.17 bits per heavy atom. The molecule has 2 aromatic rings. The van der Waals surface area contributed by atoms with Crippen LogP contribution in [0.1, 0.15) is 48.9 Å². The first-order valence-corrected chi connectivity index (χ1v) is 8.92. The molecule has 0 fully saturated rings. The first-order chi connectivity index (χ1) is 11.1. The van der Waals surface area contributed by atoms with Crippen molar-refractivity contribution in [2.45, 2.75) is 39.2 Å². The molecule has 1 heterocycles. The van der Waals surface area contributed by atoms with Crippen LogP contribution in [0.15, 0.2) is 40.7 Å². The quantitative estimate of drug-likeness (QED) is 0.385. The van der Waals surface area contributed by atoms with Gasteiger partial charge in [-0.1, -0.05) is 51.1 Å². The number of nitrogens with zero attached hydrogens (tertiary/aromatic N) is 2. The molecule has 2 rings (SSSR count). The van der Waals surface area contributed by atoms with Gasteiger partial charge in [0.15, 0.2) is 5.96 Å². The van der Waals surface area contributed by atoms with Gasteiger partial charge < -0.3 is 10.6 Å². The minimum atomic E-state index is 0. The largest absolute Gasteiger partial charge is 0.356 e. The summed E-state index contributed by atoms with van der Waals surface area (Å²) in [5, 5.41) is 10.0. The number of guanidine groups is 1. The maximum Gasteiger partial charge on any atom is 0.191 e. The molecule has 0 aliphatic carbocycles. The fourth-order valence-corrected chi connectivity index (χ4v) is 3.05. The molecule has 0 aliphatic heterocycles. The molecule has 0 spiro atoms. The van der Waals surface area contributed by atoms with E-state index >= 15 is 0 Å². The predicted octanol–water partition coefficient (Wildman–Crippen LogP) is 4.35. The van der Waals surface area contributed by atoms with E-state index in [1.165, 1.54) is 10.6 Å². The van der Waals surface area contributed by atoms with Crippen LogP contribution in [0.5, 0.6) is 0 Å². The number of aliphatic imine (C=N–C) groups is 1. The average Bonchev–Trinajstić information content (AvgIpc) is 3.05. The lowest BCUT2D eigenvalue weighted by molar-refractivity contribution is 0.696. The summed E-state index contributed by atoms with van der Waals surface area (Å²) >= 11 is 1.72. The van der Waals surface area contributed by atoms with Gasteiger partial charge in [0, 0.05) is 24.9 Å². The zero-order valence-corrected chi connectivity index (χ0v) is 17.9. The lowest BCUT2D eigenvalue weighted by Gasteiger charge is -2.16. The number of benzene rings is 1. The van der Waals surface area contributed by atoms with Crippen LogP contribution in [-0.4, -0.2) is 24.5 Å². The second kappa shape index (κ2) is 10.7. The van der Waals surface area contributed by atoms with E-state index in [1.807, 2.05) is 6.07 Å². The van der Waals surface area contributed by atoms with Crippen molar-refractivity contribution in [1.29, 1.82) is 0 Å². The number of halogens is 1. The van der Waals surface area contributed by atoms with Gasteiger partial charge >= 0.3 is 0 Å². The highest BCUT2D eigenvalue weighted by molar-refractivity contribution is 14.0. The lowest BCUT2D eigenvalue weighted by Crippen LogP contribution is -2.38. The highest BCUT2D eigenvalue weighted by Gasteiger charge is 2.08. The molecular formula is C18H27IN4S. The maximum absolute atomic E-state index is 4.63. The molecule has 1 atom stereocenters. The van der Waals surface area contributed by atoms with Crippen LogP contribution in [0.25, 0.3) is 0 Å². The Kier molecular flexibility index (Phi) is 9.28. The van der Waals surface area contributed by atoms with Crippen molar-refractivity contribution in [2.75, 3.05) is 13.6 Å². The van der Waals surface area contributed by atoms with E-state index in [0.29, 0.717) is 18.4 Å². The van der Waals surface area contributed by atoms with Gasteiger partial charge in [-0.15, -0.1) is 35.3 Å². The van der Waals surface area contributed by atoms with Crippen LogP contribution in [0, 0.1) is 0 Å². The average molecular weight is 458 g/mol. The smallest absolute Gasteiger partial charge is 0.191 e. The molecule has 0 saturated carbocycles. The highest BCUT2D eigenvalue weighted by atomic mass is 127. The van der Waals surface area contributed by atoms with Gasteiger partial charge in [-0.2, -0.15) is 0 Å². The Labute approximate surface area is 166 Å². The molecule has 1 aromatic carbocycles. The number of thiazole rings is 1. The first kappa shape index (κ1) is 20.9. The summed E-state index contributed by atoms with van der Waals surface area (Å²) in [6, 6.07) is 10.5. The van der Waals surface area contributed by atoms with Gasteiger partial charge in [-0.3, -0.25) is 4.99 Å². The van der Waals surface area contributed by atoms with Crippen LogP contribution >= 0.6 is 35.3 Å². The highest BCUT2D eigenvalue weighted by Crippen LogP contribution is 2.19. The monoisotopic (exact) mass is 458 g/mol. The fourth-order valence-electron chi connectivity index (χ4n) is 2.21. The van der Waals surface area contributed by atoms with E-state index in [2.05, 4.69) is 71.0 Å². The number of nitrogens with one attached hydrogen (secondary N) is 2. The Morgan fingerprint density at radius 2 is 1.88 bits per heavy atom. The van der Waals surface area contributed by atoms with E-state index in [1.54, 1.807) is 18.4 Å². The molecule has 0 radical (unpaired) electrons. The lowest BCUT2D eigenvalue weighted by atomic mass is 10.0. The Bertz CT molecular complexity index is 625. The molecule has 6 heteroatoms. The number of rotatable bonds is 6. The molecule has 0 aliphatic rings. The fraction of sp³-hybridized carbons (Fsp3) is 0.444. The van der Waals surface area contributed by atoms with Crippen LogP contribution < -0.4 is 10.6 Å². The van der Waals surface area contributed by atoms with Crippen molar-refractivity contribution in [3.8, 4) is 0 Å². The van der Waals surface area contributed by atoms with Gasteiger partial charge in [0.05, 0.1) is 17.2 Å². The first-order valence-electron chi connectivity index (χ1n) is 8.04. The summed E-state index contributed by atoms with van der Waals surface area (Å²) in [7, 11) is 1.79. The summed E-state index contributed by atoms with van der Waals surface area (Å²) in [5.74, 6) is 1.73. The minimum absolute atomic E-state index is 0. The van der Waals surface area contributed by atoms with E-state index < -0.39 is 0 Å². The Hall–Kier alpha value is -1.15. The molecule has 0 amide bonds. The van der Waals surface area contributed by atoms with E-state index in [-0.39, 0.29) is 24.0 Å². The number of hydrogen-bond donors (Lipinski definition) is 2. The maximum atomic E-state index is 4.63. The molecule has 1 unspecified atom stereocenters. The zero-order valence-electron chi connectivity index (χ0n) is 14.7. The van der Waals surface area contributed by atoms with Gasteiger partial charge in [0.1, 0.15) is 0 Å². The van der Waals surface area contributed by atoms with Crippen molar-refractivity contribution in [3.05, 3.63) is 52.0 Å². The van der Waals surface area contributed by atoms with Crippen molar-refractivity contribution >= 4 is 41.3 Å². The van der Waals surface area contributed by atoms with Crippen LogP contribution in [0.2, 0.25) is 0 Å². The Morgan fingerprint density at radius 3 is 2.46 bits per heavy atom. The molecule has 0 saturated heterocycles. The molecule has 132 valence electrons. The van der Waals surface area contributed by atoms with Crippen molar-refractivity contribution < 1.29 is 0 Å². The second-order valence-electron chi connectivity index (χ2n) is 5.95. The molecule has 4 nitrogen and oxygen atoms in total. The summed E-state index contributed by atoms with van der Waals surface area (Å²) in [4.78, 5) is 8.91. The third-order valence-electron chi connectivity index (χ3n) is 3.67. The summed E-state index contributed by atoms with van der Waals surface area (Å²) in [6.45, 7) is 8.09. The normalized spacial score (nSPS) is 12.6. The standard InChI is InChI=1S/C18H26N4S.HI/c1-13(2)17-22-16(12-23-17)11-21-18(19-4)20-10-14(3)15-8-6-5-7-9-15;/h5-9,12-14H,10-11H2,1-4H3,(H2,19,20,21);1H. The molecular weight excluding hydrogens is 431 g/mol. The molecule has 1 aromatic heterocycles. The molecule has 0 bridgehead atoms. The van der Waals surface area contributed by atoms with Crippen molar-refractivity contribution in [1.82, 2.24) is 15.6 Å². The van der Waals surface area contributed by atoms with Gasteiger partial charge in [-0.25, -0.2) is 4.98 Å². The van der Waals surface area contributed by atoms with Crippen LogP contribution in [0.4, 0.5) is 0 Å². The van der Waals surface area contributed by atoms with Gasteiger partial charge in [-0.05, 0) is 11.5 Å². The van der Waals surface area contributed by atoms with Gasteiger partial charge in [0.2, 0.25) is 0 Å². The van der Waals surface area contributed by atoms with Crippen LogP contribution in [0.3, 0.4) is 0 Å². The van der Waals surface area contributed by atoms with Crippen LogP contribution in [-0.2, 0) is 6.54 Å². The molecule has 2 N–H and O–H groups in total. The summed E-state index contributed by atoms with van der Waals surface area (Å²) in [6.07, 6.45) is 0. The predicted molar refractivity (Wildman–Crippen MR) is 115 cm³/mol. The van der Waals surface area contributed by atoms with Gasteiger partial charge in [0.25, 0.3) is 0 Å². The topological polar surface area (TPSA) is 49.3 Å². The second-order valence-corrected chi connectivity index (χ2v) is 6.84. The third kappa shape index (κ3) is 6.39. The van der Waals surface area contributed by atoms with E-state index in [9.17, 15) is 0 Å². The number of aromatic nitrogens is 1. The van der Waals surface area contributed by atoms with Crippen molar-refractivity contribution in [2.24, 2.45) is 4.99 Å². The number of hydrogen-bond acceptors (Lipinski definition) is 3. The van der Waals surface area contributed by atoms with Crippen molar-refractivity contribution in [3.63, 3.8) is 0 Å². The third-order valence-corrected chi connectivity index (χ3v) is 4.86. The van der Waals surface area contributed by atoms with E-state index in [0.717, 1.165) is 18.2 Å². The molecule has 24 heavy (non-hydrogen) atoms. The van der Waals surface area contributed by atoms with E-state index in [4.69, 9.17) is 0 Å². The zero-order chi connectivity index (χ0) is 16.7. The Balaban J connectivity index is 0.00000288. The summed E-state index contributed by atoms with van der Waals surface area (Å²) < 4.78 is 0.